The van der Waals surface area contributed by atoms with Crippen molar-refractivity contribution in [1.29, 1.82) is 0 Å². The van der Waals surface area contributed by atoms with E-state index in [9.17, 15) is 9.90 Å². The van der Waals surface area contributed by atoms with Crippen LogP contribution in [-0.2, 0) is 11.2 Å². The molecule has 2 unspecified atom stereocenters. The molecule has 0 bridgehead atoms. The maximum absolute atomic E-state index is 11.8. The van der Waals surface area contributed by atoms with Crippen LogP contribution in [0.25, 0.3) is 0 Å². The molecule has 1 aliphatic carbocycles. The molecular weight excluding hydrogens is 236 g/mol. The second-order valence-electron chi connectivity index (χ2n) is 4.58. The minimum atomic E-state index is -0.931. The van der Waals surface area contributed by atoms with Gasteiger partial charge in [0.1, 0.15) is 6.10 Å². The van der Waals surface area contributed by atoms with E-state index >= 15 is 0 Å². The molecule has 0 saturated heterocycles. The lowest BCUT2D eigenvalue weighted by Crippen LogP contribution is -2.38. The summed E-state index contributed by atoms with van der Waals surface area (Å²) < 4.78 is 0. The number of hydrogen-bond donors (Lipinski definition) is 1. The minimum Gasteiger partial charge on any atom is -0.384 e. The Kier molecular flexibility index (Phi) is 3.49. The topological polar surface area (TPSA) is 53.4 Å². The lowest BCUT2D eigenvalue weighted by Gasteiger charge is -2.31. The number of carbonyl (C=O) groups is 1. The van der Waals surface area contributed by atoms with Crippen LogP contribution in [0.4, 0.5) is 0 Å². The third kappa shape index (κ3) is 2.35. The summed E-state index contributed by atoms with van der Waals surface area (Å²) in [6, 6.07) is 0.0899. The molecule has 1 heterocycles. The molecule has 1 N–H and O–H groups in total. The average molecular weight is 254 g/mol. The molecule has 1 aromatic rings. The van der Waals surface area contributed by atoms with Gasteiger partial charge in [-0.05, 0) is 33.1 Å². The second kappa shape index (κ2) is 4.74. The molecule has 0 aliphatic heterocycles. The highest BCUT2D eigenvalue weighted by Gasteiger charge is 2.30. The summed E-state index contributed by atoms with van der Waals surface area (Å²) in [6.45, 7) is 3.51. The van der Waals surface area contributed by atoms with Gasteiger partial charge >= 0.3 is 0 Å². The molecule has 17 heavy (non-hydrogen) atoms. The van der Waals surface area contributed by atoms with E-state index in [0.717, 1.165) is 30.0 Å². The second-order valence-corrected chi connectivity index (χ2v) is 5.81. The third-order valence-electron chi connectivity index (χ3n) is 3.20. The Bertz CT molecular complexity index is 428. The predicted molar refractivity (Wildman–Crippen MR) is 67.0 cm³/mol. The van der Waals surface area contributed by atoms with E-state index in [-0.39, 0.29) is 11.9 Å². The number of aliphatic hydroxyl groups is 1. The number of rotatable bonds is 2. The number of amides is 1. The van der Waals surface area contributed by atoms with Gasteiger partial charge in [-0.3, -0.25) is 4.79 Å². The quantitative estimate of drug-likeness (QED) is 0.873. The molecule has 0 spiro atoms. The molecule has 0 radical (unpaired) electrons. The van der Waals surface area contributed by atoms with Crippen molar-refractivity contribution >= 4 is 17.2 Å². The zero-order valence-electron chi connectivity index (χ0n) is 10.4. The number of fused-ring (bicyclic) bond motifs is 1. The average Bonchev–Trinajstić information content (AvgIpc) is 2.66. The summed E-state index contributed by atoms with van der Waals surface area (Å²) in [5, 5.41) is 10.4. The highest BCUT2D eigenvalue weighted by atomic mass is 32.1. The Morgan fingerprint density at radius 1 is 1.65 bits per heavy atom. The van der Waals surface area contributed by atoms with Gasteiger partial charge in [-0.2, -0.15) is 0 Å². The number of nitrogens with zero attached hydrogens (tertiary/aromatic N) is 2. The fourth-order valence-corrected chi connectivity index (χ4v) is 3.49. The van der Waals surface area contributed by atoms with E-state index in [1.165, 1.54) is 11.8 Å². The van der Waals surface area contributed by atoms with Crippen LogP contribution in [0, 0.1) is 6.92 Å². The Balaban J connectivity index is 2.26. The van der Waals surface area contributed by atoms with E-state index in [4.69, 9.17) is 0 Å². The maximum atomic E-state index is 11.8. The summed E-state index contributed by atoms with van der Waals surface area (Å²) >= 11 is 1.67. The van der Waals surface area contributed by atoms with Gasteiger partial charge in [0.15, 0.2) is 0 Å². The molecule has 2 rings (SSSR count). The first-order valence-corrected chi connectivity index (χ1v) is 6.73. The van der Waals surface area contributed by atoms with E-state index in [1.807, 2.05) is 6.92 Å². The lowest BCUT2D eigenvalue weighted by molar-refractivity contribution is -0.140. The Labute approximate surface area is 105 Å². The minimum absolute atomic E-state index is 0.0899. The Morgan fingerprint density at radius 2 is 2.35 bits per heavy atom. The van der Waals surface area contributed by atoms with Gasteiger partial charge in [0.2, 0.25) is 0 Å². The van der Waals surface area contributed by atoms with Crippen LogP contribution in [0.1, 0.15) is 41.4 Å². The summed E-state index contributed by atoms with van der Waals surface area (Å²) in [4.78, 5) is 19.2. The van der Waals surface area contributed by atoms with Gasteiger partial charge in [-0.15, -0.1) is 11.3 Å². The fourth-order valence-electron chi connectivity index (χ4n) is 2.34. The first-order valence-electron chi connectivity index (χ1n) is 5.91. The SMILES string of the molecule is Cc1nc2c(s1)C(N(C)C(=O)C(C)O)CCC2. The van der Waals surface area contributed by atoms with Crippen LogP contribution in [0.15, 0.2) is 0 Å². The van der Waals surface area contributed by atoms with Gasteiger partial charge in [0.05, 0.1) is 21.6 Å². The molecular formula is C12H18N2O2S. The van der Waals surface area contributed by atoms with Crippen molar-refractivity contribution in [2.24, 2.45) is 0 Å². The summed E-state index contributed by atoms with van der Waals surface area (Å²) in [7, 11) is 1.77. The van der Waals surface area contributed by atoms with E-state index in [2.05, 4.69) is 4.98 Å². The molecule has 0 fully saturated rings. The molecule has 94 valence electrons. The fraction of sp³-hybridized carbons (Fsp3) is 0.667. The zero-order chi connectivity index (χ0) is 12.6. The van der Waals surface area contributed by atoms with Crippen molar-refractivity contribution in [3.05, 3.63) is 15.6 Å². The van der Waals surface area contributed by atoms with Crippen molar-refractivity contribution in [2.45, 2.75) is 45.3 Å². The normalized spacial score (nSPS) is 20.8. The molecule has 0 aromatic carbocycles. The summed E-state index contributed by atoms with van der Waals surface area (Å²) in [5.41, 5.74) is 1.13. The van der Waals surface area contributed by atoms with Crippen molar-refractivity contribution in [2.75, 3.05) is 7.05 Å². The largest absolute Gasteiger partial charge is 0.384 e. The van der Waals surface area contributed by atoms with Crippen molar-refractivity contribution in [3.63, 3.8) is 0 Å². The highest BCUT2D eigenvalue weighted by Crippen LogP contribution is 2.37. The molecule has 0 saturated carbocycles. The number of aryl methyl sites for hydroxylation is 2. The van der Waals surface area contributed by atoms with Crippen LogP contribution < -0.4 is 0 Å². The van der Waals surface area contributed by atoms with Gasteiger partial charge in [0.25, 0.3) is 5.91 Å². The van der Waals surface area contributed by atoms with Gasteiger partial charge in [-0.1, -0.05) is 0 Å². The monoisotopic (exact) mass is 254 g/mol. The standard InChI is InChI=1S/C12H18N2O2S/c1-7(15)12(16)14(3)10-6-4-5-9-11(10)17-8(2)13-9/h7,10,15H,4-6H2,1-3H3. The molecule has 1 amide bonds. The van der Waals surface area contributed by atoms with Crippen LogP contribution in [0.3, 0.4) is 0 Å². The van der Waals surface area contributed by atoms with Crippen LogP contribution in [0.2, 0.25) is 0 Å². The van der Waals surface area contributed by atoms with Crippen molar-refractivity contribution in [3.8, 4) is 0 Å². The Morgan fingerprint density at radius 3 is 3.00 bits per heavy atom. The van der Waals surface area contributed by atoms with E-state index < -0.39 is 6.10 Å². The number of hydrogen-bond acceptors (Lipinski definition) is 4. The van der Waals surface area contributed by atoms with E-state index in [0.29, 0.717) is 0 Å². The van der Waals surface area contributed by atoms with Crippen LogP contribution in [0.5, 0.6) is 0 Å². The van der Waals surface area contributed by atoms with Crippen molar-refractivity contribution < 1.29 is 9.90 Å². The number of aromatic nitrogens is 1. The molecule has 5 heteroatoms. The first-order chi connectivity index (χ1) is 8.00. The highest BCUT2D eigenvalue weighted by molar-refractivity contribution is 7.11. The van der Waals surface area contributed by atoms with Crippen LogP contribution >= 0.6 is 11.3 Å². The van der Waals surface area contributed by atoms with Gasteiger partial charge < -0.3 is 10.0 Å². The van der Waals surface area contributed by atoms with Crippen molar-refractivity contribution in [1.82, 2.24) is 9.88 Å². The smallest absolute Gasteiger partial charge is 0.251 e. The van der Waals surface area contributed by atoms with Gasteiger partial charge in [0, 0.05) is 7.05 Å². The Hall–Kier alpha value is -0.940. The number of likely N-dealkylation sites (N-methyl/N-ethyl adjacent to an activating group) is 1. The number of carbonyl (C=O) groups excluding carboxylic acids is 1. The third-order valence-corrected chi connectivity index (χ3v) is 4.32. The molecule has 1 aliphatic rings. The predicted octanol–water partition coefficient (Wildman–Crippen LogP) is 1.67. The molecule has 1 aromatic heterocycles. The van der Waals surface area contributed by atoms with Crippen LogP contribution in [-0.4, -0.2) is 34.0 Å². The first kappa shape index (κ1) is 12.5. The summed E-state index contributed by atoms with van der Waals surface area (Å²) in [5.74, 6) is -0.214. The van der Waals surface area contributed by atoms with E-state index in [1.54, 1.807) is 23.3 Å². The molecule has 4 nitrogen and oxygen atoms in total. The number of aliphatic hydroxyl groups excluding tert-OH is 1. The summed E-state index contributed by atoms with van der Waals surface area (Å²) in [6.07, 6.45) is 2.09. The van der Waals surface area contributed by atoms with Gasteiger partial charge in [-0.25, -0.2) is 4.98 Å². The number of thiazole rings is 1. The zero-order valence-corrected chi connectivity index (χ0v) is 11.3. The lowest BCUT2D eigenvalue weighted by atomic mass is 9.97. The maximum Gasteiger partial charge on any atom is 0.251 e. The molecule has 2 atom stereocenters.